The number of carbonyl (C=O) groups is 1. The van der Waals surface area contributed by atoms with Crippen LogP contribution in [0.2, 0.25) is 0 Å². The minimum Gasteiger partial charge on any atom is -0.490 e. The van der Waals surface area contributed by atoms with Gasteiger partial charge >= 0.3 is 0 Å². The molecule has 0 unspecified atom stereocenters. The van der Waals surface area contributed by atoms with E-state index >= 15 is 0 Å². The maximum absolute atomic E-state index is 12.2. The molecule has 0 bridgehead atoms. The minimum absolute atomic E-state index is 0.0217. The molecule has 1 aromatic carbocycles. The van der Waals surface area contributed by atoms with Crippen molar-refractivity contribution in [2.24, 2.45) is 0 Å². The van der Waals surface area contributed by atoms with E-state index in [2.05, 4.69) is 5.32 Å². The van der Waals surface area contributed by atoms with Crippen molar-refractivity contribution >= 4 is 5.91 Å². The second-order valence-corrected chi connectivity index (χ2v) is 5.80. The summed E-state index contributed by atoms with van der Waals surface area (Å²) in [5, 5.41) is 2.90. The topological polar surface area (TPSA) is 60.3 Å². The van der Waals surface area contributed by atoms with Gasteiger partial charge in [0.2, 0.25) is 5.56 Å². The van der Waals surface area contributed by atoms with Crippen LogP contribution in [0.25, 0.3) is 0 Å². The Morgan fingerprint density at radius 2 is 2.22 bits per heavy atom. The molecule has 23 heavy (non-hydrogen) atoms. The molecule has 5 nitrogen and oxygen atoms in total. The molecule has 0 saturated carbocycles. The fourth-order valence-corrected chi connectivity index (χ4v) is 2.76. The van der Waals surface area contributed by atoms with Gasteiger partial charge < -0.3 is 14.6 Å². The summed E-state index contributed by atoms with van der Waals surface area (Å²) in [4.78, 5) is 23.8. The molecule has 0 aliphatic carbocycles. The molecule has 2 heterocycles. The molecule has 1 amide bonds. The quantitative estimate of drug-likeness (QED) is 0.859. The third-order valence-corrected chi connectivity index (χ3v) is 3.92. The molecule has 3 rings (SSSR count). The maximum atomic E-state index is 12.2. The van der Waals surface area contributed by atoms with E-state index in [1.165, 1.54) is 6.07 Å². The highest BCUT2D eigenvalue weighted by atomic mass is 16.5. The number of aryl methyl sites for hydroxylation is 1. The first kappa shape index (κ1) is 15.3. The summed E-state index contributed by atoms with van der Waals surface area (Å²) in [6.45, 7) is 3.14. The molecule has 1 aliphatic rings. The van der Waals surface area contributed by atoms with Crippen LogP contribution in [0.4, 0.5) is 0 Å². The Labute approximate surface area is 134 Å². The van der Waals surface area contributed by atoms with Crippen molar-refractivity contribution in [2.75, 3.05) is 6.54 Å². The van der Waals surface area contributed by atoms with Crippen LogP contribution in [0.5, 0.6) is 5.75 Å². The number of hydrogen-bond donors (Lipinski definition) is 1. The van der Waals surface area contributed by atoms with Crippen molar-refractivity contribution in [3.05, 3.63) is 64.1 Å². The van der Waals surface area contributed by atoms with Crippen molar-refractivity contribution in [3.8, 4) is 5.75 Å². The number of nitrogens with zero attached hydrogens (tertiary/aromatic N) is 1. The predicted molar refractivity (Wildman–Crippen MR) is 87.9 cm³/mol. The molecule has 5 heteroatoms. The van der Waals surface area contributed by atoms with Gasteiger partial charge in [0.25, 0.3) is 5.91 Å². The number of benzene rings is 1. The Balaban J connectivity index is 1.51. The Kier molecular flexibility index (Phi) is 4.46. The second-order valence-electron chi connectivity index (χ2n) is 5.80. The molecule has 2 aromatic rings. The molecule has 1 atom stereocenters. The Bertz CT molecular complexity index is 767. The predicted octanol–water partition coefficient (Wildman–Crippen LogP) is 1.99. The lowest BCUT2D eigenvalue weighted by Gasteiger charge is -2.08. The van der Waals surface area contributed by atoms with Gasteiger partial charge in [-0.1, -0.05) is 6.07 Å². The molecule has 0 radical (unpaired) electrons. The zero-order valence-corrected chi connectivity index (χ0v) is 13.1. The standard InChI is InChI=1S/C18H20N2O3/c1-13-11-15-12-14(6-7-16(15)23-13)18(22)19-8-4-10-20-9-3-2-5-17(20)21/h2-3,5-7,9,12-13H,4,8,10-11H2,1H3,(H,19,22)/t13-/m0/s1. The lowest BCUT2D eigenvalue weighted by molar-refractivity contribution is 0.0952. The summed E-state index contributed by atoms with van der Waals surface area (Å²) in [5.41, 5.74) is 1.71. The fraction of sp³-hybridized carbons (Fsp3) is 0.333. The first-order valence-corrected chi connectivity index (χ1v) is 7.87. The second kappa shape index (κ2) is 6.69. The summed E-state index contributed by atoms with van der Waals surface area (Å²) in [6, 6.07) is 10.6. The number of hydrogen-bond acceptors (Lipinski definition) is 3. The van der Waals surface area contributed by atoms with Crippen molar-refractivity contribution < 1.29 is 9.53 Å². The van der Waals surface area contributed by atoms with Gasteiger partial charge in [-0.15, -0.1) is 0 Å². The number of aromatic nitrogens is 1. The van der Waals surface area contributed by atoms with E-state index in [1.807, 2.05) is 25.1 Å². The molecule has 0 fully saturated rings. The normalized spacial score (nSPS) is 15.8. The van der Waals surface area contributed by atoms with E-state index in [4.69, 9.17) is 4.74 Å². The number of ether oxygens (including phenoxy) is 1. The fourth-order valence-electron chi connectivity index (χ4n) is 2.76. The van der Waals surface area contributed by atoms with Crippen LogP contribution in [0, 0.1) is 0 Å². The van der Waals surface area contributed by atoms with Gasteiger partial charge in [-0.3, -0.25) is 9.59 Å². The molecule has 1 N–H and O–H groups in total. The molecule has 1 aromatic heterocycles. The number of nitrogens with one attached hydrogen (secondary N) is 1. The molecule has 120 valence electrons. The van der Waals surface area contributed by atoms with E-state index in [0.29, 0.717) is 25.1 Å². The largest absolute Gasteiger partial charge is 0.490 e. The number of amides is 1. The van der Waals surface area contributed by atoms with Gasteiger partial charge in [-0.2, -0.15) is 0 Å². The third kappa shape index (κ3) is 3.62. The highest BCUT2D eigenvalue weighted by Gasteiger charge is 2.20. The van der Waals surface area contributed by atoms with Gasteiger partial charge in [0.15, 0.2) is 0 Å². The van der Waals surface area contributed by atoms with E-state index in [9.17, 15) is 9.59 Å². The van der Waals surface area contributed by atoms with Crippen molar-refractivity contribution in [1.29, 1.82) is 0 Å². The minimum atomic E-state index is -0.0900. The molecular weight excluding hydrogens is 292 g/mol. The third-order valence-electron chi connectivity index (χ3n) is 3.92. The monoisotopic (exact) mass is 312 g/mol. The number of fused-ring (bicyclic) bond motifs is 1. The summed E-state index contributed by atoms with van der Waals surface area (Å²) in [7, 11) is 0. The zero-order valence-electron chi connectivity index (χ0n) is 13.1. The highest BCUT2D eigenvalue weighted by Crippen LogP contribution is 2.29. The Morgan fingerprint density at radius 3 is 3.04 bits per heavy atom. The van der Waals surface area contributed by atoms with E-state index in [1.54, 1.807) is 22.9 Å². The average molecular weight is 312 g/mol. The van der Waals surface area contributed by atoms with Gasteiger partial charge in [-0.05, 0) is 43.2 Å². The van der Waals surface area contributed by atoms with Crippen molar-refractivity contribution in [3.63, 3.8) is 0 Å². The van der Waals surface area contributed by atoms with Crippen molar-refractivity contribution in [2.45, 2.75) is 32.4 Å². The van der Waals surface area contributed by atoms with Crippen LogP contribution in [-0.2, 0) is 13.0 Å². The summed E-state index contributed by atoms with van der Waals surface area (Å²) in [6.07, 6.45) is 3.48. The van der Waals surface area contributed by atoms with Crippen LogP contribution < -0.4 is 15.6 Å². The van der Waals surface area contributed by atoms with E-state index in [-0.39, 0.29) is 17.6 Å². The van der Waals surface area contributed by atoms with Gasteiger partial charge in [0.1, 0.15) is 11.9 Å². The van der Waals surface area contributed by atoms with Crippen molar-refractivity contribution in [1.82, 2.24) is 9.88 Å². The molecular formula is C18H20N2O3. The summed E-state index contributed by atoms with van der Waals surface area (Å²) in [5.74, 6) is 0.783. The van der Waals surface area contributed by atoms with Gasteiger partial charge in [0, 0.05) is 37.3 Å². The highest BCUT2D eigenvalue weighted by molar-refractivity contribution is 5.94. The Hall–Kier alpha value is -2.56. The first-order chi connectivity index (χ1) is 11.1. The van der Waals surface area contributed by atoms with Crippen LogP contribution >= 0.6 is 0 Å². The lowest BCUT2D eigenvalue weighted by Crippen LogP contribution is -2.26. The summed E-state index contributed by atoms with van der Waals surface area (Å²) >= 11 is 0. The lowest BCUT2D eigenvalue weighted by atomic mass is 10.1. The Morgan fingerprint density at radius 1 is 1.35 bits per heavy atom. The SMILES string of the molecule is C[C@H]1Cc2cc(C(=O)NCCCn3ccccc3=O)ccc2O1. The van der Waals surface area contributed by atoms with Crippen LogP contribution in [0.3, 0.4) is 0 Å². The molecule has 0 spiro atoms. The average Bonchev–Trinajstić information content (AvgIpc) is 2.92. The first-order valence-electron chi connectivity index (χ1n) is 7.87. The van der Waals surface area contributed by atoms with Gasteiger partial charge in [0.05, 0.1) is 0 Å². The molecule has 1 aliphatic heterocycles. The maximum Gasteiger partial charge on any atom is 0.251 e. The van der Waals surface area contributed by atoms with E-state index < -0.39 is 0 Å². The van der Waals surface area contributed by atoms with Gasteiger partial charge in [-0.25, -0.2) is 0 Å². The number of pyridine rings is 1. The summed E-state index contributed by atoms with van der Waals surface area (Å²) < 4.78 is 7.28. The number of carbonyl (C=O) groups excluding carboxylic acids is 1. The number of rotatable bonds is 5. The van der Waals surface area contributed by atoms with E-state index in [0.717, 1.165) is 17.7 Å². The molecule has 0 saturated heterocycles. The van der Waals surface area contributed by atoms with Crippen LogP contribution in [0.1, 0.15) is 29.3 Å². The zero-order chi connectivity index (χ0) is 16.2. The van der Waals surface area contributed by atoms with Crippen LogP contribution in [-0.4, -0.2) is 23.1 Å². The van der Waals surface area contributed by atoms with Crippen LogP contribution in [0.15, 0.2) is 47.4 Å². The smallest absolute Gasteiger partial charge is 0.251 e.